The van der Waals surface area contributed by atoms with Crippen molar-refractivity contribution in [1.82, 2.24) is 15.5 Å². The number of carbonyl (C=O) groups is 1. The standard InChI is InChI=1S/C31H41N3O4/c1-22(2)34(31(35)26-12-13-29(37-4)30(17-26)38-15-7-14-36-3)21-27-19-32-20-28(27)33-18-23-10-11-24-8-5-6-9-25(24)16-23/h5-6,8-13,16-17,22,27-28,32-33H,7,14-15,18-21H2,1-4H3. The fourth-order valence-electron chi connectivity index (χ4n) is 5.02. The van der Waals surface area contributed by atoms with Gasteiger partial charge in [0.15, 0.2) is 11.5 Å². The summed E-state index contributed by atoms with van der Waals surface area (Å²) in [7, 11) is 3.28. The number of hydrogen-bond acceptors (Lipinski definition) is 6. The Labute approximate surface area is 226 Å². The van der Waals surface area contributed by atoms with E-state index in [1.54, 1.807) is 20.3 Å². The lowest BCUT2D eigenvalue weighted by Gasteiger charge is -2.32. The van der Waals surface area contributed by atoms with E-state index in [1.807, 2.05) is 17.0 Å². The Bertz CT molecular complexity index is 1200. The number of carbonyl (C=O) groups excluding carboxylic acids is 1. The number of hydrogen-bond donors (Lipinski definition) is 2. The van der Waals surface area contributed by atoms with Crippen molar-refractivity contribution in [3.05, 3.63) is 71.8 Å². The smallest absolute Gasteiger partial charge is 0.254 e. The molecule has 0 radical (unpaired) electrons. The van der Waals surface area contributed by atoms with E-state index in [-0.39, 0.29) is 18.0 Å². The molecule has 2 atom stereocenters. The van der Waals surface area contributed by atoms with Gasteiger partial charge < -0.3 is 29.7 Å². The van der Waals surface area contributed by atoms with Crippen LogP contribution in [0.5, 0.6) is 11.5 Å². The number of benzene rings is 3. The zero-order chi connectivity index (χ0) is 26.9. The monoisotopic (exact) mass is 519 g/mol. The summed E-state index contributed by atoms with van der Waals surface area (Å²) in [6, 6.07) is 20.8. The minimum atomic E-state index is 0.00423. The van der Waals surface area contributed by atoms with Crippen LogP contribution in [0.15, 0.2) is 60.7 Å². The molecule has 4 rings (SSSR count). The van der Waals surface area contributed by atoms with Gasteiger partial charge in [0.1, 0.15) is 0 Å². The maximum Gasteiger partial charge on any atom is 0.254 e. The molecule has 1 aliphatic rings. The molecular weight excluding hydrogens is 478 g/mol. The van der Waals surface area contributed by atoms with Gasteiger partial charge in [0.05, 0.1) is 13.7 Å². The third kappa shape index (κ3) is 7.04. The molecule has 0 aromatic heterocycles. The summed E-state index contributed by atoms with van der Waals surface area (Å²) in [4.78, 5) is 15.7. The Balaban J connectivity index is 1.41. The highest BCUT2D eigenvalue weighted by atomic mass is 16.5. The van der Waals surface area contributed by atoms with Crippen LogP contribution in [-0.4, -0.2) is 70.0 Å². The summed E-state index contributed by atoms with van der Waals surface area (Å²) >= 11 is 0. The lowest BCUT2D eigenvalue weighted by atomic mass is 10.0. The van der Waals surface area contributed by atoms with Crippen LogP contribution in [0.3, 0.4) is 0 Å². The summed E-state index contributed by atoms with van der Waals surface area (Å²) in [6.45, 7) is 8.50. The average Bonchev–Trinajstić information content (AvgIpc) is 3.39. The average molecular weight is 520 g/mol. The van der Waals surface area contributed by atoms with E-state index >= 15 is 0 Å². The third-order valence-electron chi connectivity index (χ3n) is 7.20. The van der Waals surface area contributed by atoms with Crippen LogP contribution >= 0.6 is 0 Å². The molecule has 0 saturated carbocycles. The van der Waals surface area contributed by atoms with Gasteiger partial charge in [0.25, 0.3) is 5.91 Å². The van der Waals surface area contributed by atoms with Crippen LogP contribution in [0.2, 0.25) is 0 Å². The molecule has 0 spiro atoms. The first-order valence-corrected chi connectivity index (χ1v) is 13.5. The number of ether oxygens (including phenoxy) is 3. The molecule has 1 aliphatic heterocycles. The van der Waals surface area contributed by atoms with Gasteiger partial charge in [-0.05, 0) is 54.4 Å². The van der Waals surface area contributed by atoms with Crippen molar-refractivity contribution in [1.29, 1.82) is 0 Å². The molecule has 1 heterocycles. The fraction of sp³-hybridized carbons (Fsp3) is 0.452. The summed E-state index contributed by atoms with van der Waals surface area (Å²) in [5.41, 5.74) is 1.87. The van der Waals surface area contributed by atoms with Gasteiger partial charge in [-0.2, -0.15) is 0 Å². The van der Waals surface area contributed by atoms with Crippen LogP contribution in [0.1, 0.15) is 36.2 Å². The van der Waals surface area contributed by atoms with Crippen LogP contribution in [0, 0.1) is 5.92 Å². The zero-order valence-corrected chi connectivity index (χ0v) is 23.0. The van der Waals surface area contributed by atoms with E-state index in [9.17, 15) is 4.79 Å². The molecule has 1 amide bonds. The van der Waals surface area contributed by atoms with Gasteiger partial charge in [-0.15, -0.1) is 0 Å². The first-order chi connectivity index (χ1) is 18.5. The van der Waals surface area contributed by atoms with Crippen molar-refractivity contribution in [3.63, 3.8) is 0 Å². The van der Waals surface area contributed by atoms with Crippen molar-refractivity contribution in [2.75, 3.05) is 47.1 Å². The second kappa shape index (κ2) is 13.6. The molecule has 1 saturated heterocycles. The number of rotatable bonds is 13. The Morgan fingerprint density at radius 3 is 2.58 bits per heavy atom. The molecule has 0 bridgehead atoms. The molecule has 1 fully saturated rings. The molecule has 7 nitrogen and oxygen atoms in total. The first kappa shape index (κ1) is 27.9. The van der Waals surface area contributed by atoms with Crippen molar-refractivity contribution < 1.29 is 19.0 Å². The van der Waals surface area contributed by atoms with Crippen molar-refractivity contribution in [2.24, 2.45) is 5.92 Å². The number of methoxy groups -OCH3 is 2. The summed E-state index contributed by atoms with van der Waals surface area (Å²) in [5.74, 6) is 1.51. The van der Waals surface area contributed by atoms with E-state index in [4.69, 9.17) is 14.2 Å². The third-order valence-corrected chi connectivity index (χ3v) is 7.20. The molecule has 3 aromatic carbocycles. The number of amides is 1. The maximum atomic E-state index is 13.7. The molecule has 204 valence electrons. The van der Waals surface area contributed by atoms with Crippen LogP contribution < -0.4 is 20.1 Å². The van der Waals surface area contributed by atoms with Gasteiger partial charge in [0.2, 0.25) is 0 Å². The van der Waals surface area contributed by atoms with Crippen LogP contribution in [-0.2, 0) is 11.3 Å². The molecule has 2 unspecified atom stereocenters. The Morgan fingerprint density at radius 2 is 1.82 bits per heavy atom. The zero-order valence-electron chi connectivity index (χ0n) is 23.0. The fourth-order valence-corrected chi connectivity index (χ4v) is 5.02. The molecule has 7 heteroatoms. The minimum Gasteiger partial charge on any atom is -0.493 e. The lowest BCUT2D eigenvalue weighted by Crippen LogP contribution is -2.46. The predicted octanol–water partition coefficient (Wildman–Crippen LogP) is 4.49. The van der Waals surface area contributed by atoms with Gasteiger partial charge in [0, 0.05) is 69.9 Å². The molecular formula is C31H41N3O4. The molecule has 2 N–H and O–H groups in total. The highest BCUT2D eigenvalue weighted by Gasteiger charge is 2.31. The van der Waals surface area contributed by atoms with E-state index in [0.717, 1.165) is 26.1 Å². The highest BCUT2D eigenvalue weighted by Crippen LogP contribution is 2.29. The topological polar surface area (TPSA) is 72.1 Å². The number of nitrogens with one attached hydrogen (secondary N) is 2. The Kier molecular flexibility index (Phi) is 9.98. The summed E-state index contributed by atoms with van der Waals surface area (Å²) < 4.78 is 16.5. The van der Waals surface area contributed by atoms with E-state index in [0.29, 0.717) is 42.7 Å². The highest BCUT2D eigenvalue weighted by molar-refractivity contribution is 5.95. The van der Waals surface area contributed by atoms with Crippen molar-refractivity contribution in [3.8, 4) is 11.5 Å². The second-order valence-electron chi connectivity index (χ2n) is 10.2. The largest absolute Gasteiger partial charge is 0.493 e. The van der Waals surface area contributed by atoms with E-state index < -0.39 is 0 Å². The number of nitrogens with zero attached hydrogens (tertiary/aromatic N) is 1. The van der Waals surface area contributed by atoms with E-state index in [2.05, 4.69) is 66.9 Å². The Morgan fingerprint density at radius 1 is 1.00 bits per heavy atom. The molecule has 0 aliphatic carbocycles. The van der Waals surface area contributed by atoms with Gasteiger partial charge in [-0.1, -0.05) is 36.4 Å². The maximum absolute atomic E-state index is 13.7. The van der Waals surface area contributed by atoms with Gasteiger partial charge in [-0.3, -0.25) is 4.79 Å². The van der Waals surface area contributed by atoms with Crippen LogP contribution in [0.25, 0.3) is 10.8 Å². The molecule has 3 aromatic rings. The van der Waals surface area contributed by atoms with Crippen molar-refractivity contribution in [2.45, 2.75) is 38.9 Å². The summed E-state index contributed by atoms with van der Waals surface area (Å²) in [5, 5.41) is 9.78. The second-order valence-corrected chi connectivity index (χ2v) is 10.2. The summed E-state index contributed by atoms with van der Waals surface area (Å²) in [6.07, 6.45) is 0.762. The lowest BCUT2D eigenvalue weighted by molar-refractivity contribution is 0.0668. The predicted molar refractivity (Wildman–Crippen MR) is 152 cm³/mol. The van der Waals surface area contributed by atoms with E-state index in [1.165, 1.54) is 16.3 Å². The molecule has 38 heavy (non-hydrogen) atoms. The van der Waals surface area contributed by atoms with Crippen molar-refractivity contribution >= 4 is 16.7 Å². The van der Waals surface area contributed by atoms with Gasteiger partial charge in [-0.25, -0.2) is 0 Å². The van der Waals surface area contributed by atoms with Crippen LogP contribution in [0.4, 0.5) is 0 Å². The normalized spacial score (nSPS) is 17.2. The SMILES string of the molecule is COCCCOc1cc(C(=O)N(CC2CNCC2NCc2ccc3ccccc3c2)C(C)C)ccc1OC. The Hall–Kier alpha value is -3.13. The first-order valence-electron chi connectivity index (χ1n) is 13.5. The quantitative estimate of drug-likeness (QED) is 0.324. The minimum absolute atomic E-state index is 0.00423. The number of fused-ring (bicyclic) bond motifs is 1. The van der Waals surface area contributed by atoms with Gasteiger partial charge >= 0.3 is 0 Å².